The van der Waals surface area contributed by atoms with Crippen LogP contribution in [0.5, 0.6) is 0 Å². The van der Waals surface area contributed by atoms with Crippen LogP contribution in [-0.2, 0) is 7.05 Å². The van der Waals surface area contributed by atoms with E-state index in [-0.39, 0.29) is 11.9 Å². The fraction of sp³-hybridized carbons (Fsp3) is 0.556. The molecule has 15 heavy (non-hydrogen) atoms. The summed E-state index contributed by atoms with van der Waals surface area (Å²) >= 11 is 0. The van der Waals surface area contributed by atoms with E-state index in [9.17, 15) is 0 Å². The van der Waals surface area contributed by atoms with Gasteiger partial charge in [-0.3, -0.25) is 4.68 Å². The quantitative estimate of drug-likeness (QED) is 0.295. The lowest BCUT2D eigenvalue weighted by molar-refractivity contribution is 0.316. The largest absolute Gasteiger partial charge is 0.409 e. The molecule has 0 aromatic carbocycles. The topological polar surface area (TPSA) is 88.5 Å². The molecule has 1 atom stereocenters. The molecule has 0 saturated carbocycles. The zero-order chi connectivity index (χ0) is 11.4. The molecular weight excluding hydrogens is 194 g/mol. The number of nitrogens with one attached hydrogen (secondary N) is 1. The summed E-state index contributed by atoms with van der Waals surface area (Å²) in [6.07, 6.45) is 2.39. The van der Waals surface area contributed by atoms with Crippen LogP contribution in [0.15, 0.2) is 11.4 Å². The number of hydrogen-bond donors (Lipinski definition) is 3. The maximum atomic E-state index is 8.43. The Morgan fingerprint density at radius 1 is 1.80 bits per heavy atom. The maximum Gasteiger partial charge on any atom is 0.141 e. The normalized spacial score (nSPS) is 13.9. The van der Waals surface area contributed by atoms with Crippen molar-refractivity contribution in [1.82, 2.24) is 9.78 Å². The average Bonchev–Trinajstić information content (AvgIpc) is 2.44. The third-order valence-electron chi connectivity index (χ3n) is 2.06. The van der Waals surface area contributed by atoms with E-state index in [4.69, 9.17) is 10.9 Å². The van der Waals surface area contributed by atoms with Gasteiger partial charge in [-0.25, -0.2) is 0 Å². The average molecular weight is 211 g/mol. The molecule has 84 valence electrons. The summed E-state index contributed by atoms with van der Waals surface area (Å²) in [7, 11) is 1.87. The summed E-state index contributed by atoms with van der Waals surface area (Å²) in [6, 6.07) is 0.101. The van der Waals surface area contributed by atoms with E-state index >= 15 is 0 Å². The molecule has 1 unspecified atom stereocenters. The Morgan fingerprint density at radius 3 is 2.93 bits per heavy atom. The van der Waals surface area contributed by atoms with Crippen LogP contribution in [0.25, 0.3) is 0 Å². The van der Waals surface area contributed by atoms with Gasteiger partial charge in [0.25, 0.3) is 0 Å². The Bertz CT molecular complexity index is 357. The van der Waals surface area contributed by atoms with Gasteiger partial charge in [-0.2, -0.15) is 5.10 Å². The molecule has 0 bridgehead atoms. The van der Waals surface area contributed by atoms with Gasteiger partial charge < -0.3 is 16.3 Å². The Morgan fingerprint density at radius 2 is 2.47 bits per heavy atom. The van der Waals surface area contributed by atoms with Crippen LogP contribution in [0.4, 0.5) is 5.69 Å². The number of hydrogen-bond acceptors (Lipinski definition) is 4. The van der Waals surface area contributed by atoms with Crippen LogP contribution in [0, 0.1) is 6.92 Å². The molecule has 1 aromatic heterocycles. The van der Waals surface area contributed by atoms with E-state index < -0.39 is 0 Å². The third-order valence-corrected chi connectivity index (χ3v) is 2.06. The van der Waals surface area contributed by atoms with Crippen LogP contribution >= 0.6 is 0 Å². The second-order valence-electron chi connectivity index (χ2n) is 3.64. The smallest absolute Gasteiger partial charge is 0.141 e. The van der Waals surface area contributed by atoms with Crippen molar-refractivity contribution in [3.8, 4) is 0 Å². The van der Waals surface area contributed by atoms with E-state index in [2.05, 4.69) is 15.6 Å². The predicted molar refractivity (Wildman–Crippen MR) is 59.1 cm³/mol. The number of nitrogens with two attached hydrogens (primary N) is 1. The van der Waals surface area contributed by atoms with E-state index in [1.54, 1.807) is 4.68 Å². The lowest BCUT2D eigenvalue weighted by atomic mass is 10.2. The van der Waals surface area contributed by atoms with E-state index in [1.807, 2.05) is 27.1 Å². The highest BCUT2D eigenvalue weighted by atomic mass is 16.4. The van der Waals surface area contributed by atoms with E-state index in [1.165, 1.54) is 0 Å². The molecule has 0 radical (unpaired) electrons. The Balaban J connectivity index is 2.58. The second-order valence-corrected chi connectivity index (χ2v) is 3.64. The molecule has 0 fully saturated rings. The highest BCUT2D eigenvalue weighted by Gasteiger charge is 2.08. The molecule has 0 aliphatic carbocycles. The molecule has 6 nitrogen and oxygen atoms in total. The van der Waals surface area contributed by atoms with Crippen molar-refractivity contribution in [3.05, 3.63) is 11.9 Å². The van der Waals surface area contributed by atoms with Crippen molar-refractivity contribution >= 4 is 11.5 Å². The minimum Gasteiger partial charge on any atom is -0.409 e. The van der Waals surface area contributed by atoms with Crippen molar-refractivity contribution in [2.75, 3.05) is 5.32 Å². The molecule has 1 aromatic rings. The summed E-state index contributed by atoms with van der Waals surface area (Å²) in [5.74, 6) is 0.219. The van der Waals surface area contributed by atoms with Crippen molar-refractivity contribution in [2.45, 2.75) is 26.3 Å². The lowest BCUT2D eigenvalue weighted by Gasteiger charge is -2.12. The van der Waals surface area contributed by atoms with Crippen LogP contribution in [-0.4, -0.2) is 26.9 Å². The molecule has 0 saturated heterocycles. The van der Waals surface area contributed by atoms with Gasteiger partial charge in [0.1, 0.15) is 5.84 Å². The highest BCUT2D eigenvalue weighted by molar-refractivity contribution is 5.80. The van der Waals surface area contributed by atoms with Gasteiger partial charge >= 0.3 is 0 Å². The standard InChI is InChI=1S/C9H17N5O/c1-6(4-9(10)13-15)11-8-5-14(3)12-7(8)2/h5-6,11,15H,4H2,1-3H3,(H2,10,13). The van der Waals surface area contributed by atoms with Crippen LogP contribution in [0.3, 0.4) is 0 Å². The zero-order valence-electron chi connectivity index (χ0n) is 9.23. The lowest BCUT2D eigenvalue weighted by Crippen LogP contribution is -2.24. The number of aryl methyl sites for hydroxylation is 2. The molecule has 0 aliphatic rings. The molecule has 1 heterocycles. The minimum atomic E-state index is 0.101. The Labute approximate surface area is 88.8 Å². The van der Waals surface area contributed by atoms with Crippen molar-refractivity contribution in [3.63, 3.8) is 0 Å². The number of rotatable bonds is 4. The zero-order valence-corrected chi connectivity index (χ0v) is 9.23. The Hall–Kier alpha value is -1.72. The molecule has 0 amide bonds. The minimum absolute atomic E-state index is 0.101. The molecule has 4 N–H and O–H groups in total. The number of anilines is 1. The van der Waals surface area contributed by atoms with Gasteiger partial charge in [-0.05, 0) is 13.8 Å². The summed E-state index contributed by atoms with van der Waals surface area (Å²) in [6.45, 7) is 3.89. The highest BCUT2D eigenvalue weighted by Crippen LogP contribution is 2.13. The second kappa shape index (κ2) is 4.68. The predicted octanol–water partition coefficient (Wildman–Crippen LogP) is 0.665. The molecule has 1 rings (SSSR count). The van der Waals surface area contributed by atoms with Gasteiger partial charge in [-0.1, -0.05) is 5.16 Å². The third kappa shape index (κ3) is 3.16. The number of oxime groups is 1. The molecule has 0 aliphatic heterocycles. The van der Waals surface area contributed by atoms with Crippen LogP contribution in [0.2, 0.25) is 0 Å². The summed E-state index contributed by atoms with van der Waals surface area (Å²) < 4.78 is 1.74. The van der Waals surface area contributed by atoms with Gasteiger partial charge in [0.15, 0.2) is 0 Å². The fourth-order valence-corrected chi connectivity index (χ4v) is 1.41. The van der Waals surface area contributed by atoms with Crippen molar-refractivity contribution < 1.29 is 5.21 Å². The number of aromatic nitrogens is 2. The molecular formula is C9H17N5O. The molecule has 6 heteroatoms. The van der Waals surface area contributed by atoms with Gasteiger partial charge in [0.05, 0.1) is 11.4 Å². The fourth-order valence-electron chi connectivity index (χ4n) is 1.41. The first-order chi connectivity index (χ1) is 7.02. The van der Waals surface area contributed by atoms with E-state index in [0.717, 1.165) is 11.4 Å². The van der Waals surface area contributed by atoms with Gasteiger partial charge in [0, 0.05) is 25.7 Å². The maximum absolute atomic E-state index is 8.43. The summed E-state index contributed by atoms with van der Waals surface area (Å²) in [5, 5.41) is 18.8. The summed E-state index contributed by atoms with van der Waals surface area (Å²) in [4.78, 5) is 0. The first kappa shape index (κ1) is 11.4. The van der Waals surface area contributed by atoms with Gasteiger partial charge in [0.2, 0.25) is 0 Å². The monoisotopic (exact) mass is 211 g/mol. The number of amidine groups is 1. The first-order valence-electron chi connectivity index (χ1n) is 4.76. The Kier molecular flexibility index (Phi) is 3.54. The van der Waals surface area contributed by atoms with Gasteiger partial charge in [-0.15, -0.1) is 0 Å². The van der Waals surface area contributed by atoms with E-state index in [0.29, 0.717) is 6.42 Å². The summed E-state index contributed by atoms with van der Waals surface area (Å²) in [5.41, 5.74) is 7.31. The van der Waals surface area contributed by atoms with Crippen molar-refractivity contribution in [2.24, 2.45) is 17.9 Å². The number of nitrogens with zero attached hydrogens (tertiary/aromatic N) is 3. The molecule has 0 spiro atoms. The van der Waals surface area contributed by atoms with Crippen LogP contribution in [0.1, 0.15) is 19.0 Å². The SMILES string of the molecule is Cc1nn(C)cc1NC(C)CC(N)=NO. The van der Waals surface area contributed by atoms with Crippen LogP contribution < -0.4 is 11.1 Å². The van der Waals surface area contributed by atoms with Crippen molar-refractivity contribution in [1.29, 1.82) is 0 Å². The first-order valence-corrected chi connectivity index (χ1v) is 4.76.